The molecule has 7 nitrogen and oxygen atoms in total. The third-order valence-corrected chi connectivity index (χ3v) is 3.67. The highest BCUT2D eigenvalue weighted by Crippen LogP contribution is 2.10. The van der Waals surface area contributed by atoms with Crippen molar-refractivity contribution in [3.63, 3.8) is 0 Å². The van der Waals surface area contributed by atoms with E-state index in [2.05, 4.69) is 25.9 Å². The number of hydrogen-bond donors (Lipinski definition) is 3. The number of aromatic nitrogens is 3. The first kappa shape index (κ1) is 16.8. The molecule has 3 rings (SSSR count). The summed E-state index contributed by atoms with van der Waals surface area (Å²) < 4.78 is 1.93. The third kappa shape index (κ3) is 4.26. The summed E-state index contributed by atoms with van der Waals surface area (Å²) >= 11 is 0. The molecule has 0 aliphatic rings. The molecule has 0 aliphatic carbocycles. The van der Waals surface area contributed by atoms with Gasteiger partial charge < -0.3 is 20.4 Å². The summed E-state index contributed by atoms with van der Waals surface area (Å²) in [5.74, 6) is 1.26. The van der Waals surface area contributed by atoms with Crippen LogP contribution < -0.4 is 16.0 Å². The van der Waals surface area contributed by atoms with E-state index >= 15 is 0 Å². The summed E-state index contributed by atoms with van der Waals surface area (Å²) in [5, 5.41) is 9.20. The van der Waals surface area contributed by atoms with Crippen molar-refractivity contribution in [3.05, 3.63) is 54.0 Å². The number of fused-ring (bicyclic) bond motifs is 1. The molecule has 1 amide bonds. The molecule has 3 aromatic heterocycles. The van der Waals surface area contributed by atoms with Crippen molar-refractivity contribution in [2.24, 2.45) is 0 Å². The van der Waals surface area contributed by atoms with E-state index in [0.717, 1.165) is 23.6 Å². The van der Waals surface area contributed by atoms with E-state index < -0.39 is 0 Å². The number of amides is 1. The normalized spacial score (nSPS) is 10.6. The number of nitrogens with zero attached hydrogens (tertiary/aromatic N) is 3. The number of pyridine rings is 1. The van der Waals surface area contributed by atoms with Gasteiger partial charge in [0.1, 0.15) is 5.82 Å². The van der Waals surface area contributed by atoms with Crippen LogP contribution in [0.2, 0.25) is 0 Å². The number of aryl methyl sites for hydroxylation is 1. The van der Waals surface area contributed by atoms with E-state index in [0.29, 0.717) is 24.6 Å². The summed E-state index contributed by atoms with van der Waals surface area (Å²) in [4.78, 5) is 20.9. The van der Waals surface area contributed by atoms with Gasteiger partial charge in [0.15, 0.2) is 0 Å². The van der Waals surface area contributed by atoms with Gasteiger partial charge in [-0.15, -0.1) is 0 Å². The minimum atomic E-state index is -0.0935. The molecule has 0 spiro atoms. The highest BCUT2D eigenvalue weighted by atomic mass is 16.1. The Kier molecular flexibility index (Phi) is 5.13. The second kappa shape index (κ2) is 7.65. The molecule has 0 radical (unpaired) electrons. The average Bonchev–Trinajstić information content (AvgIpc) is 3.02. The summed E-state index contributed by atoms with van der Waals surface area (Å²) in [7, 11) is 0. The van der Waals surface area contributed by atoms with Gasteiger partial charge in [-0.3, -0.25) is 4.79 Å². The van der Waals surface area contributed by atoms with Gasteiger partial charge in [-0.05, 0) is 32.0 Å². The van der Waals surface area contributed by atoms with Crippen molar-refractivity contribution in [3.8, 4) is 0 Å². The van der Waals surface area contributed by atoms with Crippen LogP contribution in [0.25, 0.3) is 5.52 Å². The average molecular weight is 338 g/mol. The minimum absolute atomic E-state index is 0.0935. The molecule has 3 N–H and O–H groups in total. The number of rotatable bonds is 7. The monoisotopic (exact) mass is 338 g/mol. The zero-order valence-electron chi connectivity index (χ0n) is 14.4. The van der Waals surface area contributed by atoms with Crippen molar-refractivity contribution < 1.29 is 4.79 Å². The Hall–Kier alpha value is -3.09. The van der Waals surface area contributed by atoms with Crippen LogP contribution in [-0.2, 0) is 0 Å². The van der Waals surface area contributed by atoms with Crippen molar-refractivity contribution in [1.82, 2.24) is 19.7 Å². The molecule has 0 fully saturated rings. The highest BCUT2D eigenvalue weighted by molar-refractivity contribution is 5.95. The summed E-state index contributed by atoms with van der Waals surface area (Å²) in [6.45, 7) is 5.78. The zero-order valence-corrected chi connectivity index (χ0v) is 14.4. The van der Waals surface area contributed by atoms with Crippen molar-refractivity contribution in [2.45, 2.75) is 13.8 Å². The SMILES string of the molecule is CCNc1cc(C)nc(NCCNC(=O)c2cc3ccccn3c2)n1. The van der Waals surface area contributed by atoms with E-state index in [9.17, 15) is 4.79 Å². The Morgan fingerprint density at radius 1 is 1.16 bits per heavy atom. The molecule has 3 heterocycles. The van der Waals surface area contributed by atoms with E-state index in [4.69, 9.17) is 0 Å². The van der Waals surface area contributed by atoms with Gasteiger partial charge in [0.25, 0.3) is 5.91 Å². The molecule has 0 atom stereocenters. The van der Waals surface area contributed by atoms with Gasteiger partial charge in [0.2, 0.25) is 5.95 Å². The van der Waals surface area contributed by atoms with E-state index in [1.54, 1.807) is 0 Å². The van der Waals surface area contributed by atoms with Crippen molar-refractivity contribution in [1.29, 1.82) is 0 Å². The standard InChI is InChI=1S/C18H22N6O/c1-3-19-16-10-13(2)22-18(23-16)21-8-7-20-17(25)14-11-15-6-4-5-9-24(15)12-14/h4-6,9-12H,3,7-8H2,1-2H3,(H,20,25)(H2,19,21,22,23). The van der Waals surface area contributed by atoms with Gasteiger partial charge in [-0.25, -0.2) is 4.98 Å². The Morgan fingerprint density at radius 3 is 2.84 bits per heavy atom. The maximum absolute atomic E-state index is 12.2. The molecular weight excluding hydrogens is 316 g/mol. The van der Waals surface area contributed by atoms with Crippen LogP contribution in [0.15, 0.2) is 42.7 Å². The Bertz CT molecular complexity index is 840. The van der Waals surface area contributed by atoms with Crippen LogP contribution in [-0.4, -0.2) is 39.9 Å². The number of anilines is 2. The molecule has 0 aliphatic heterocycles. The molecule has 0 unspecified atom stereocenters. The fourth-order valence-electron chi connectivity index (χ4n) is 2.55. The molecule has 7 heteroatoms. The minimum Gasteiger partial charge on any atom is -0.370 e. The second-order valence-electron chi connectivity index (χ2n) is 5.69. The van der Waals surface area contributed by atoms with Crippen LogP contribution in [0.5, 0.6) is 0 Å². The fourth-order valence-corrected chi connectivity index (χ4v) is 2.55. The molecule has 0 aromatic carbocycles. The van der Waals surface area contributed by atoms with Gasteiger partial charge in [0, 0.05) is 49.3 Å². The molecule has 0 saturated heterocycles. The first-order chi connectivity index (χ1) is 12.2. The lowest BCUT2D eigenvalue weighted by Crippen LogP contribution is -2.28. The van der Waals surface area contributed by atoms with Gasteiger partial charge in [0.05, 0.1) is 5.56 Å². The summed E-state index contributed by atoms with van der Waals surface area (Å²) in [6.07, 6.45) is 3.75. The Labute approximate surface area is 146 Å². The lowest BCUT2D eigenvalue weighted by Gasteiger charge is -2.09. The quantitative estimate of drug-likeness (QED) is 0.576. The Morgan fingerprint density at radius 2 is 2.04 bits per heavy atom. The number of carbonyl (C=O) groups is 1. The van der Waals surface area contributed by atoms with Crippen LogP contribution in [0.4, 0.5) is 11.8 Å². The molecular formula is C18H22N6O. The van der Waals surface area contributed by atoms with Gasteiger partial charge in [-0.2, -0.15) is 4.98 Å². The lowest BCUT2D eigenvalue weighted by atomic mass is 10.3. The van der Waals surface area contributed by atoms with Crippen LogP contribution in [0, 0.1) is 6.92 Å². The van der Waals surface area contributed by atoms with Crippen LogP contribution >= 0.6 is 0 Å². The van der Waals surface area contributed by atoms with Gasteiger partial charge >= 0.3 is 0 Å². The Balaban J connectivity index is 1.52. The maximum Gasteiger partial charge on any atom is 0.252 e. The van der Waals surface area contributed by atoms with E-state index in [1.807, 2.05) is 61.0 Å². The number of carbonyl (C=O) groups excluding carboxylic acids is 1. The largest absolute Gasteiger partial charge is 0.370 e. The molecule has 0 saturated carbocycles. The topological polar surface area (TPSA) is 83.4 Å². The van der Waals surface area contributed by atoms with E-state index in [-0.39, 0.29) is 5.91 Å². The second-order valence-corrected chi connectivity index (χ2v) is 5.69. The lowest BCUT2D eigenvalue weighted by molar-refractivity contribution is 0.0955. The predicted molar refractivity (Wildman–Crippen MR) is 99.2 cm³/mol. The van der Waals surface area contributed by atoms with Crippen molar-refractivity contribution >= 4 is 23.2 Å². The zero-order chi connectivity index (χ0) is 17.6. The van der Waals surface area contributed by atoms with Crippen molar-refractivity contribution in [2.75, 3.05) is 30.3 Å². The summed E-state index contributed by atoms with van der Waals surface area (Å²) in [6, 6.07) is 9.62. The maximum atomic E-state index is 12.2. The first-order valence-electron chi connectivity index (χ1n) is 8.34. The van der Waals surface area contributed by atoms with E-state index in [1.165, 1.54) is 0 Å². The highest BCUT2D eigenvalue weighted by Gasteiger charge is 2.08. The van der Waals surface area contributed by atoms with Crippen LogP contribution in [0.1, 0.15) is 23.0 Å². The summed E-state index contributed by atoms with van der Waals surface area (Å²) in [5.41, 5.74) is 2.53. The molecule has 3 aromatic rings. The fraction of sp³-hybridized carbons (Fsp3) is 0.278. The van der Waals surface area contributed by atoms with Crippen LogP contribution in [0.3, 0.4) is 0 Å². The molecule has 25 heavy (non-hydrogen) atoms. The van der Waals surface area contributed by atoms with Gasteiger partial charge in [-0.1, -0.05) is 6.07 Å². The third-order valence-electron chi connectivity index (χ3n) is 3.67. The smallest absolute Gasteiger partial charge is 0.252 e. The first-order valence-corrected chi connectivity index (χ1v) is 8.34. The number of nitrogens with one attached hydrogen (secondary N) is 3. The molecule has 130 valence electrons. The molecule has 0 bridgehead atoms. The predicted octanol–water partition coefficient (Wildman–Crippen LogP) is 2.31. The number of hydrogen-bond acceptors (Lipinski definition) is 5.